The average molecular weight is 304 g/mol. The molecule has 3 aromatic rings. The predicted octanol–water partition coefficient (Wildman–Crippen LogP) is 5.45. The van der Waals surface area contributed by atoms with E-state index in [2.05, 4.69) is 90.7 Å². The minimum absolute atomic E-state index is 1.27. The zero-order valence-corrected chi connectivity index (χ0v) is 14.5. The smallest absolute Gasteiger partial charge is 0.00741 e. The van der Waals surface area contributed by atoms with Crippen molar-refractivity contribution in [3.8, 4) is 22.3 Å². The van der Waals surface area contributed by atoms with Crippen molar-refractivity contribution in [2.75, 3.05) is 0 Å². The van der Waals surface area contributed by atoms with Crippen molar-refractivity contribution in [1.82, 2.24) is 0 Å². The van der Waals surface area contributed by atoms with E-state index < -0.39 is 0 Å². The van der Waals surface area contributed by atoms with E-state index in [1.165, 1.54) is 44.2 Å². The van der Waals surface area contributed by atoms with Crippen LogP contribution in [0.15, 0.2) is 60.7 Å². The Balaban J connectivity index is 2.22. The molecule has 1 atom stereocenters. The van der Waals surface area contributed by atoms with E-state index in [-0.39, 0.29) is 0 Å². The Kier molecular flexibility index (Phi) is 4.14. The molecule has 0 aliphatic rings. The molecule has 110 valence electrons. The second-order valence-electron chi connectivity index (χ2n) is 5.90. The van der Waals surface area contributed by atoms with Crippen LogP contribution in [0.3, 0.4) is 0 Å². The average Bonchev–Trinajstić information content (AvgIpc) is 2.50. The van der Waals surface area contributed by atoms with Gasteiger partial charge in [0, 0.05) is 0 Å². The standard InChI is InChI=1S/C21H21P/c1-14-8-11-17(12-9-14)19-13-10-16(3)20(21(19)22)18-7-5-4-6-15(18)2/h4-13H,22H2,1-3H3. The van der Waals surface area contributed by atoms with Gasteiger partial charge in [-0.1, -0.05) is 66.2 Å². The molecule has 3 aromatic carbocycles. The number of rotatable bonds is 2. The molecule has 3 rings (SSSR count). The summed E-state index contributed by atoms with van der Waals surface area (Å²) in [7, 11) is 2.96. The van der Waals surface area contributed by atoms with Crippen LogP contribution in [0.4, 0.5) is 0 Å². The highest BCUT2D eigenvalue weighted by Gasteiger charge is 2.12. The van der Waals surface area contributed by atoms with Gasteiger partial charge in [0.2, 0.25) is 0 Å². The number of benzene rings is 3. The molecule has 1 unspecified atom stereocenters. The topological polar surface area (TPSA) is 0 Å². The predicted molar refractivity (Wildman–Crippen MR) is 101 cm³/mol. The second-order valence-corrected chi connectivity index (χ2v) is 6.48. The molecule has 0 aliphatic carbocycles. The lowest BCUT2D eigenvalue weighted by atomic mass is 9.92. The van der Waals surface area contributed by atoms with Crippen LogP contribution in [0.25, 0.3) is 22.3 Å². The van der Waals surface area contributed by atoms with Gasteiger partial charge in [-0.15, -0.1) is 9.24 Å². The van der Waals surface area contributed by atoms with E-state index in [1.54, 1.807) is 0 Å². The van der Waals surface area contributed by atoms with Gasteiger partial charge in [-0.3, -0.25) is 0 Å². The van der Waals surface area contributed by atoms with Gasteiger partial charge in [0.25, 0.3) is 0 Å². The third-order valence-corrected chi connectivity index (χ3v) is 4.83. The van der Waals surface area contributed by atoms with Crippen molar-refractivity contribution in [3.63, 3.8) is 0 Å². The Morgan fingerprint density at radius 2 is 1.32 bits per heavy atom. The van der Waals surface area contributed by atoms with Crippen LogP contribution in [-0.4, -0.2) is 0 Å². The summed E-state index contributed by atoms with van der Waals surface area (Å²) in [4.78, 5) is 0. The van der Waals surface area contributed by atoms with Crippen molar-refractivity contribution >= 4 is 14.5 Å². The van der Waals surface area contributed by atoms with Gasteiger partial charge in [0.15, 0.2) is 0 Å². The molecule has 0 nitrogen and oxygen atoms in total. The molecule has 0 spiro atoms. The van der Waals surface area contributed by atoms with Crippen LogP contribution < -0.4 is 5.30 Å². The fraction of sp³-hybridized carbons (Fsp3) is 0.143. The van der Waals surface area contributed by atoms with Crippen molar-refractivity contribution in [2.45, 2.75) is 20.8 Å². The molecule has 0 saturated carbocycles. The van der Waals surface area contributed by atoms with E-state index in [0.29, 0.717) is 0 Å². The summed E-state index contributed by atoms with van der Waals surface area (Å²) in [6.07, 6.45) is 0. The summed E-state index contributed by atoms with van der Waals surface area (Å²) in [5.41, 5.74) is 9.13. The fourth-order valence-electron chi connectivity index (χ4n) is 2.92. The Morgan fingerprint density at radius 1 is 0.636 bits per heavy atom. The Bertz CT molecular complexity index is 814. The lowest BCUT2D eigenvalue weighted by Crippen LogP contribution is -2.05. The summed E-state index contributed by atoms with van der Waals surface area (Å²) in [5, 5.41) is 1.28. The summed E-state index contributed by atoms with van der Waals surface area (Å²) >= 11 is 0. The van der Waals surface area contributed by atoms with Gasteiger partial charge in [-0.2, -0.15) is 0 Å². The zero-order valence-electron chi connectivity index (χ0n) is 13.4. The maximum absolute atomic E-state index is 2.96. The minimum atomic E-state index is 1.27. The first kappa shape index (κ1) is 15.0. The number of hydrogen-bond acceptors (Lipinski definition) is 0. The normalized spacial score (nSPS) is 10.7. The Morgan fingerprint density at radius 3 is 2.00 bits per heavy atom. The summed E-state index contributed by atoms with van der Waals surface area (Å²) in [6.45, 7) is 6.49. The van der Waals surface area contributed by atoms with Crippen molar-refractivity contribution in [3.05, 3.63) is 77.4 Å². The lowest BCUT2D eigenvalue weighted by molar-refractivity contribution is 1.42. The molecule has 0 radical (unpaired) electrons. The molecule has 0 bridgehead atoms. The molecule has 0 heterocycles. The van der Waals surface area contributed by atoms with Crippen LogP contribution in [0, 0.1) is 20.8 Å². The Labute approximate surface area is 135 Å². The Hall–Kier alpha value is -1.91. The zero-order chi connectivity index (χ0) is 15.7. The first-order valence-electron chi connectivity index (χ1n) is 7.60. The van der Waals surface area contributed by atoms with Gasteiger partial charge >= 0.3 is 0 Å². The van der Waals surface area contributed by atoms with Crippen molar-refractivity contribution < 1.29 is 0 Å². The van der Waals surface area contributed by atoms with E-state index in [0.717, 1.165) is 0 Å². The highest BCUT2D eigenvalue weighted by Crippen LogP contribution is 2.31. The number of hydrogen-bond donors (Lipinski definition) is 0. The van der Waals surface area contributed by atoms with Crippen LogP contribution in [0.2, 0.25) is 0 Å². The monoisotopic (exact) mass is 304 g/mol. The lowest BCUT2D eigenvalue weighted by Gasteiger charge is -2.16. The molecule has 22 heavy (non-hydrogen) atoms. The molecular formula is C21H21P. The fourth-order valence-corrected chi connectivity index (χ4v) is 3.57. The maximum atomic E-state index is 2.96. The largest absolute Gasteiger partial charge is 0.104 e. The van der Waals surface area contributed by atoms with E-state index >= 15 is 0 Å². The van der Waals surface area contributed by atoms with Crippen LogP contribution in [-0.2, 0) is 0 Å². The van der Waals surface area contributed by atoms with E-state index in [4.69, 9.17) is 0 Å². The summed E-state index contributed by atoms with van der Waals surface area (Å²) in [6, 6.07) is 21.8. The molecule has 1 heteroatoms. The summed E-state index contributed by atoms with van der Waals surface area (Å²) in [5.74, 6) is 0. The van der Waals surface area contributed by atoms with Gasteiger partial charge in [-0.25, -0.2) is 0 Å². The SMILES string of the molecule is Cc1ccc(-c2ccc(C)c(-c3ccccc3C)c2P)cc1. The third kappa shape index (κ3) is 2.72. The van der Waals surface area contributed by atoms with Crippen LogP contribution in [0.5, 0.6) is 0 Å². The van der Waals surface area contributed by atoms with Crippen molar-refractivity contribution in [1.29, 1.82) is 0 Å². The second kappa shape index (κ2) is 6.07. The highest BCUT2D eigenvalue weighted by atomic mass is 31.0. The molecule has 0 aliphatic heterocycles. The first-order valence-corrected chi connectivity index (χ1v) is 8.18. The quantitative estimate of drug-likeness (QED) is 0.553. The minimum Gasteiger partial charge on any atom is -0.104 e. The molecule has 0 N–H and O–H groups in total. The summed E-state index contributed by atoms with van der Waals surface area (Å²) < 4.78 is 0. The molecule has 0 saturated heterocycles. The molecule has 0 fully saturated rings. The molecule has 0 amide bonds. The number of aryl methyl sites for hydroxylation is 3. The van der Waals surface area contributed by atoms with Gasteiger partial charge in [0.05, 0.1) is 0 Å². The van der Waals surface area contributed by atoms with Crippen LogP contribution >= 0.6 is 9.24 Å². The van der Waals surface area contributed by atoms with E-state index in [9.17, 15) is 0 Å². The van der Waals surface area contributed by atoms with Gasteiger partial charge < -0.3 is 0 Å². The first-order chi connectivity index (χ1) is 10.6. The third-order valence-electron chi connectivity index (χ3n) is 4.23. The maximum Gasteiger partial charge on any atom is -0.00741 e. The molecule has 0 aromatic heterocycles. The van der Waals surface area contributed by atoms with Gasteiger partial charge in [-0.05, 0) is 59.5 Å². The molecular weight excluding hydrogens is 283 g/mol. The van der Waals surface area contributed by atoms with Crippen LogP contribution in [0.1, 0.15) is 16.7 Å². The highest BCUT2D eigenvalue weighted by molar-refractivity contribution is 7.28. The van der Waals surface area contributed by atoms with E-state index in [1.807, 2.05) is 0 Å². The van der Waals surface area contributed by atoms with Crippen molar-refractivity contribution in [2.24, 2.45) is 0 Å². The van der Waals surface area contributed by atoms with Gasteiger partial charge in [0.1, 0.15) is 0 Å².